The lowest BCUT2D eigenvalue weighted by Crippen LogP contribution is -2.40. The zero-order valence-electron chi connectivity index (χ0n) is 13.1. The van der Waals surface area contributed by atoms with Crippen LogP contribution in [0.5, 0.6) is 0 Å². The highest BCUT2D eigenvalue weighted by molar-refractivity contribution is 6.33. The second-order valence-electron chi connectivity index (χ2n) is 5.21. The van der Waals surface area contributed by atoms with Gasteiger partial charge in [0.25, 0.3) is 5.91 Å². The van der Waals surface area contributed by atoms with Crippen LogP contribution in [0.1, 0.15) is 35.9 Å². The van der Waals surface area contributed by atoms with Crippen molar-refractivity contribution in [1.82, 2.24) is 10.5 Å². The number of aryl methyl sites for hydroxylation is 1. The number of aliphatic carboxylic acids is 1. The van der Waals surface area contributed by atoms with E-state index in [4.69, 9.17) is 21.2 Å². The van der Waals surface area contributed by atoms with Gasteiger partial charge in [0.2, 0.25) is 0 Å². The molecule has 128 valence electrons. The number of carboxylic acids is 1. The third kappa shape index (κ3) is 3.56. The Balaban J connectivity index is 2.43. The van der Waals surface area contributed by atoms with Gasteiger partial charge in [0.1, 0.15) is 28.9 Å². The van der Waals surface area contributed by atoms with E-state index in [1.807, 2.05) is 0 Å². The molecular formula is C16H16ClFN2O4. The molecule has 0 saturated carbocycles. The molecule has 0 bridgehead atoms. The Morgan fingerprint density at radius 1 is 1.46 bits per heavy atom. The lowest BCUT2D eigenvalue weighted by molar-refractivity contribution is -0.139. The molecule has 1 unspecified atom stereocenters. The predicted molar refractivity (Wildman–Crippen MR) is 85.4 cm³/mol. The zero-order chi connectivity index (χ0) is 17.9. The third-order valence-corrected chi connectivity index (χ3v) is 3.79. The number of rotatable bonds is 6. The van der Waals surface area contributed by atoms with Gasteiger partial charge < -0.3 is 14.9 Å². The van der Waals surface area contributed by atoms with Crippen molar-refractivity contribution >= 4 is 23.5 Å². The van der Waals surface area contributed by atoms with Crippen molar-refractivity contribution < 1.29 is 23.6 Å². The van der Waals surface area contributed by atoms with Gasteiger partial charge in [-0.25, -0.2) is 9.18 Å². The van der Waals surface area contributed by atoms with Gasteiger partial charge in [-0.15, -0.1) is 0 Å². The van der Waals surface area contributed by atoms with Crippen molar-refractivity contribution in [3.8, 4) is 11.3 Å². The molecular weight excluding hydrogens is 339 g/mol. The standard InChI is InChI=1S/C16H16ClFN2O4/c1-3-5-11(16(22)23)19-15(21)12-8(2)24-20-14(12)13-9(17)6-4-7-10(13)18/h4,6-7,11H,3,5H2,1-2H3,(H,19,21)(H,22,23). The summed E-state index contributed by atoms with van der Waals surface area (Å²) in [6.07, 6.45) is 0.840. The highest BCUT2D eigenvalue weighted by Gasteiger charge is 2.28. The quantitative estimate of drug-likeness (QED) is 0.829. The lowest BCUT2D eigenvalue weighted by Gasteiger charge is -2.13. The Hall–Kier alpha value is -2.41. The van der Waals surface area contributed by atoms with Gasteiger partial charge in [0, 0.05) is 0 Å². The first kappa shape index (κ1) is 17.9. The number of carbonyl (C=O) groups is 2. The molecule has 1 heterocycles. The number of benzene rings is 1. The second-order valence-corrected chi connectivity index (χ2v) is 5.62. The van der Waals surface area contributed by atoms with Gasteiger partial charge >= 0.3 is 5.97 Å². The van der Waals surface area contributed by atoms with E-state index in [1.165, 1.54) is 25.1 Å². The van der Waals surface area contributed by atoms with E-state index < -0.39 is 23.7 Å². The van der Waals surface area contributed by atoms with E-state index in [0.717, 1.165) is 0 Å². The van der Waals surface area contributed by atoms with Crippen LogP contribution in [0.2, 0.25) is 5.02 Å². The van der Waals surface area contributed by atoms with E-state index in [2.05, 4.69) is 10.5 Å². The Kier molecular flexibility index (Phi) is 5.56. The predicted octanol–water partition coefficient (Wildman–Crippen LogP) is 3.43. The van der Waals surface area contributed by atoms with Crippen LogP contribution in [0.25, 0.3) is 11.3 Å². The molecule has 0 aliphatic heterocycles. The van der Waals surface area contributed by atoms with E-state index in [-0.39, 0.29) is 34.0 Å². The molecule has 2 rings (SSSR count). The summed E-state index contributed by atoms with van der Waals surface area (Å²) in [5.74, 6) is -2.37. The number of hydrogen-bond acceptors (Lipinski definition) is 4. The summed E-state index contributed by atoms with van der Waals surface area (Å²) in [6.45, 7) is 3.28. The van der Waals surface area contributed by atoms with Crippen molar-refractivity contribution in [3.63, 3.8) is 0 Å². The fourth-order valence-corrected chi connectivity index (χ4v) is 2.56. The molecule has 2 N–H and O–H groups in total. The number of aromatic nitrogens is 1. The van der Waals surface area contributed by atoms with Crippen LogP contribution in [0, 0.1) is 12.7 Å². The van der Waals surface area contributed by atoms with Crippen LogP contribution >= 0.6 is 11.6 Å². The van der Waals surface area contributed by atoms with Gasteiger partial charge in [0.15, 0.2) is 0 Å². The summed E-state index contributed by atoms with van der Waals surface area (Å²) in [6, 6.07) is 3.02. The largest absolute Gasteiger partial charge is 0.480 e. The van der Waals surface area contributed by atoms with E-state index in [9.17, 15) is 14.0 Å². The molecule has 2 aromatic rings. The number of carboxylic acid groups (broad SMARTS) is 1. The van der Waals surface area contributed by atoms with Crippen LogP contribution in [0.4, 0.5) is 4.39 Å². The molecule has 1 aromatic heterocycles. The summed E-state index contributed by atoms with van der Waals surface area (Å²) < 4.78 is 19.1. The summed E-state index contributed by atoms with van der Waals surface area (Å²) in [4.78, 5) is 23.7. The van der Waals surface area contributed by atoms with Crippen LogP contribution in [0.15, 0.2) is 22.7 Å². The summed E-state index contributed by atoms with van der Waals surface area (Å²) in [7, 11) is 0. The Morgan fingerprint density at radius 2 is 2.17 bits per heavy atom. The molecule has 0 radical (unpaired) electrons. The monoisotopic (exact) mass is 354 g/mol. The van der Waals surface area contributed by atoms with Crippen molar-refractivity contribution in [1.29, 1.82) is 0 Å². The Morgan fingerprint density at radius 3 is 2.75 bits per heavy atom. The number of hydrogen-bond donors (Lipinski definition) is 2. The Bertz CT molecular complexity index is 755. The first-order valence-corrected chi connectivity index (χ1v) is 7.68. The smallest absolute Gasteiger partial charge is 0.326 e. The zero-order valence-corrected chi connectivity index (χ0v) is 13.9. The maximum atomic E-state index is 14.1. The topological polar surface area (TPSA) is 92.4 Å². The van der Waals surface area contributed by atoms with Crippen molar-refractivity contribution in [2.24, 2.45) is 0 Å². The molecule has 1 atom stereocenters. The van der Waals surface area contributed by atoms with Crippen molar-refractivity contribution in [2.45, 2.75) is 32.7 Å². The van der Waals surface area contributed by atoms with Crippen LogP contribution < -0.4 is 5.32 Å². The third-order valence-electron chi connectivity index (χ3n) is 3.47. The molecule has 0 fully saturated rings. The molecule has 1 aromatic carbocycles. The van der Waals surface area contributed by atoms with E-state index in [1.54, 1.807) is 6.92 Å². The molecule has 0 saturated heterocycles. The minimum atomic E-state index is -1.15. The number of carbonyl (C=O) groups excluding carboxylic acids is 1. The first-order valence-electron chi connectivity index (χ1n) is 7.31. The maximum Gasteiger partial charge on any atom is 0.326 e. The maximum absolute atomic E-state index is 14.1. The minimum Gasteiger partial charge on any atom is -0.480 e. The second kappa shape index (κ2) is 7.44. The van der Waals surface area contributed by atoms with Crippen LogP contribution in [-0.4, -0.2) is 28.2 Å². The molecule has 0 aliphatic carbocycles. The van der Waals surface area contributed by atoms with Gasteiger partial charge in [-0.2, -0.15) is 0 Å². The number of amides is 1. The highest BCUT2D eigenvalue weighted by atomic mass is 35.5. The normalized spacial score (nSPS) is 12.0. The van der Waals surface area contributed by atoms with Gasteiger partial charge in [-0.05, 0) is 25.5 Å². The summed E-state index contributed by atoms with van der Waals surface area (Å²) >= 11 is 6.01. The van der Waals surface area contributed by atoms with E-state index >= 15 is 0 Å². The van der Waals surface area contributed by atoms with Gasteiger partial charge in [0.05, 0.1) is 10.6 Å². The number of nitrogens with one attached hydrogen (secondary N) is 1. The molecule has 1 amide bonds. The van der Waals surface area contributed by atoms with Crippen LogP contribution in [-0.2, 0) is 4.79 Å². The van der Waals surface area contributed by atoms with Crippen LogP contribution in [0.3, 0.4) is 0 Å². The molecule has 0 spiro atoms. The summed E-state index contributed by atoms with van der Waals surface area (Å²) in [5, 5.41) is 15.4. The SMILES string of the molecule is CCCC(NC(=O)c1c(-c2c(F)cccc2Cl)noc1C)C(=O)O. The van der Waals surface area contributed by atoms with E-state index in [0.29, 0.717) is 6.42 Å². The lowest BCUT2D eigenvalue weighted by atomic mass is 10.0. The first-order chi connectivity index (χ1) is 11.4. The van der Waals surface area contributed by atoms with Gasteiger partial charge in [-0.1, -0.05) is 36.2 Å². The van der Waals surface area contributed by atoms with Crippen molar-refractivity contribution in [2.75, 3.05) is 0 Å². The minimum absolute atomic E-state index is 0.0376. The molecule has 8 heteroatoms. The number of nitrogens with zero attached hydrogens (tertiary/aromatic N) is 1. The van der Waals surface area contributed by atoms with Crippen molar-refractivity contribution in [3.05, 3.63) is 40.4 Å². The number of halogens is 2. The van der Waals surface area contributed by atoms with Gasteiger partial charge in [-0.3, -0.25) is 4.79 Å². The fraction of sp³-hybridized carbons (Fsp3) is 0.312. The highest BCUT2D eigenvalue weighted by Crippen LogP contribution is 2.33. The fourth-order valence-electron chi connectivity index (χ4n) is 2.31. The molecule has 24 heavy (non-hydrogen) atoms. The average molecular weight is 355 g/mol. The summed E-state index contributed by atoms with van der Waals surface area (Å²) in [5.41, 5.74) is -0.165. The molecule has 0 aliphatic rings. The average Bonchev–Trinajstić information content (AvgIpc) is 2.88. The Labute approximate surface area is 142 Å². The molecule has 6 nitrogen and oxygen atoms in total.